The number of hydrogen-bond donors (Lipinski definition) is 0. The van der Waals surface area contributed by atoms with Crippen molar-refractivity contribution in [2.75, 3.05) is 19.8 Å². The molecular weight excluding hydrogens is 236 g/mol. The third-order valence-electron chi connectivity index (χ3n) is 3.06. The highest BCUT2D eigenvalue weighted by Crippen LogP contribution is 2.26. The molecule has 1 rings (SSSR count). The molecule has 5 heteroatoms. The van der Waals surface area contributed by atoms with Gasteiger partial charge in [-0.3, -0.25) is 4.79 Å². The monoisotopic (exact) mass is 258 g/mol. The summed E-state index contributed by atoms with van der Waals surface area (Å²) in [6.07, 6.45) is 3.89. The molecule has 0 unspecified atom stereocenters. The summed E-state index contributed by atoms with van der Waals surface area (Å²) in [6.45, 7) is 4.12. The normalized spacial score (nSPS) is 23.4. The maximum absolute atomic E-state index is 11.1. The summed E-state index contributed by atoms with van der Waals surface area (Å²) >= 11 is 0. The van der Waals surface area contributed by atoms with E-state index in [4.69, 9.17) is 14.2 Å². The molecule has 0 amide bonds. The van der Waals surface area contributed by atoms with Gasteiger partial charge in [0.25, 0.3) is 0 Å². The van der Waals surface area contributed by atoms with E-state index in [0.29, 0.717) is 19.1 Å². The molecule has 1 aliphatic carbocycles. The first-order valence-electron chi connectivity index (χ1n) is 6.52. The lowest BCUT2D eigenvalue weighted by molar-refractivity contribution is -0.152. The minimum atomic E-state index is -0.306. The Hall–Kier alpha value is -1.10. The van der Waals surface area contributed by atoms with E-state index in [1.54, 1.807) is 6.92 Å². The lowest BCUT2D eigenvalue weighted by Crippen LogP contribution is -2.27. The largest absolute Gasteiger partial charge is 0.466 e. The Labute approximate surface area is 108 Å². The van der Waals surface area contributed by atoms with Crippen molar-refractivity contribution in [1.29, 1.82) is 0 Å². The van der Waals surface area contributed by atoms with E-state index in [2.05, 4.69) is 0 Å². The molecule has 0 aliphatic heterocycles. The van der Waals surface area contributed by atoms with Gasteiger partial charge in [-0.25, -0.2) is 4.79 Å². The summed E-state index contributed by atoms with van der Waals surface area (Å²) in [5.74, 6) is -0.105. The summed E-state index contributed by atoms with van der Waals surface area (Å²) in [7, 11) is 0. The first kappa shape index (κ1) is 15.0. The second-order valence-electron chi connectivity index (χ2n) is 4.56. The molecule has 0 bridgehead atoms. The SMILES string of the molecule is CCOC(=O)COC1CCC(COC(C)=O)CC1. The smallest absolute Gasteiger partial charge is 0.332 e. The quantitative estimate of drug-likeness (QED) is 0.678. The zero-order valence-electron chi connectivity index (χ0n) is 11.1. The van der Waals surface area contributed by atoms with Crippen LogP contribution < -0.4 is 0 Å². The van der Waals surface area contributed by atoms with Gasteiger partial charge in [-0.2, -0.15) is 0 Å². The number of ether oxygens (including phenoxy) is 3. The van der Waals surface area contributed by atoms with Gasteiger partial charge < -0.3 is 14.2 Å². The lowest BCUT2D eigenvalue weighted by atomic mass is 9.88. The van der Waals surface area contributed by atoms with Gasteiger partial charge in [0.05, 0.1) is 19.3 Å². The van der Waals surface area contributed by atoms with E-state index in [0.717, 1.165) is 25.7 Å². The van der Waals surface area contributed by atoms with Crippen LogP contribution >= 0.6 is 0 Å². The Morgan fingerprint density at radius 1 is 1.11 bits per heavy atom. The molecule has 1 fully saturated rings. The van der Waals surface area contributed by atoms with Crippen molar-refractivity contribution in [2.24, 2.45) is 5.92 Å². The van der Waals surface area contributed by atoms with E-state index in [1.165, 1.54) is 6.92 Å². The van der Waals surface area contributed by atoms with Crippen LogP contribution in [0.3, 0.4) is 0 Å². The summed E-state index contributed by atoms with van der Waals surface area (Å²) in [5, 5.41) is 0. The van der Waals surface area contributed by atoms with Gasteiger partial charge in [0, 0.05) is 6.92 Å². The standard InChI is InChI=1S/C13H22O5/c1-3-16-13(15)9-18-12-6-4-11(5-7-12)8-17-10(2)14/h11-12H,3-9H2,1-2H3. The van der Waals surface area contributed by atoms with Gasteiger partial charge in [-0.15, -0.1) is 0 Å². The van der Waals surface area contributed by atoms with Crippen molar-refractivity contribution in [3.05, 3.63) is 0 Å². The molecule has 0 aromatic carbocycles. The minimum Gasteiger partial charge on any atom is -0.466 e. The average molecular weight is 258 g/mol. The van der Waals surface area contributed by atoms with Gasteiger partial charge in [-0.1, -0.05) is 0 Å². The van der Waals surface area contributed by atoms with Crippen LogP contribution in [0.5, 0.6) is 0 Å². The topological polar surface area (TPSA) is 61.8 Å². The molecule has 1 aliphatic rings. The van der Waals surface area contributed by atoms with Crippen molar-refractivity contribution >= 4 is 11.9 Å². The van der Waals surface area contributed by atoms with Crippen LogP contribution in [-0.4, -0.2) is 37.9 Å². The first-order chi connectivity index (χ1) is 8.61. The van der Waals surface area contributed by atoms with Crippen LogP contribution in [0.1, 0.15) is 39.5 Å². The van der Waals surface area contributed by atoms with Gasteiger partial charge in [0.1, 0.15) is 6.61 Å². The van der Waals surface area contributed by atoms with Gasteiger partial charge in [0.2, 0.25) is 0 Å². The van der Waals surface area contributed by atoms with Gasteiger partial charge in [0.15, 0.2) is 0 Å². The van der Waals surface area contributed by atoms with E-state index in [9.17, 15) is 9.59 Å². The Kier molecular flexibility index (Phi) is 6.72. The molecule has 0 aromatic rings. The van der Waals surface area contributed by atoms with E-state index < -0.39 is 0 Å². The molecule has 0 aromatic heterocycles. The predicted molar refractivity (Wildman–Crippen MR) is 65.0 cm³/mol. The second-order valence-corrected chi connectivity index (χ2v) is 4.56. The highest BCUT2D eigenvalue weighted by Gasteiger charge is 2.23. The molecule has 104 valence electrons. The number of hydrogen-bond acceptors (Lipinski definition) is 5. The van der Waals surface area contributed by atoms with Crippen LogP contribution in [0.15, 0.2) is 0 Å². The number of carbonyl (C=O) groups is 2. The molecular formula is C13H22O5. The Morgan fingerprint density at radius 2 is 1.78 bits per heavy atom. The number of carbonyl (C=O) groups excluding carboxylic acids is 2. The summed E-state index contributed by atoms with van der Waals surface area (Å²) in [4.78, 5) is 21.8. The van der Waals surface area contributed by atoms with Gasteiger partial charge in [-0.05, 0) is 38.5 Å². The molecule has 5 nitrogen and oxygen atoms in total. The minimum absolute atomic E-state index is 0.0348. The van der Waals surface area contributed by atoms with E-state index in [1.807, 2.05) is 0 Å². The van der Waals surface area contributed by atoms with Crippen molar-refractivity contribution in [1.82, 2.24) is 0 Å². The summed E-state index contributed by atoms with van der Waals surface area (Å²) < 4.78 is 15.3. The van der Waals surface area contributed by atoms with Crippen LogP contribution in [0.25, 0.3) is 0 Å². The first-order valence-corrected chi connectivity index (χ1v) is 6.52. The fourth-order valence-electron chi connectivity index (χ4n) is 2.09. The molecule has 18 heavy (non-hydrogen) atoms. The maximum Gasteiger partial charge on any atom is 0.332 e. The molecule has 1 saturated carbocycles. The molecule has 0 heterocycles. The maximum atomic E-state index is 11.1. The Morgan fingerprint density at radius 3 is 2.33 bits per heavy atom. The predicted octanol–water partition coefficient (Wildman–Crippen LogP) is 1.69. The second kappa shape index (κ2) is 8.08. The Bertz CT molecular complexity index is 269. The van der Waals surface area contributed by atoms with E-state index >= 15 is 0 Å². The fourth-order valence-corrected chi connectivity index (χ4v) is 2.09. The van der Waals surface area contributed by atoms with E-state index in [-0.39, 0.29) is 24.6 Å². The average Bonchev–Trinajstić information content (AvgIpc) is 2.35. The third-order valence-corrected chi connectivity index (χ3v) is 3.06. The molecule has 0 radical (unpaired) electrons. The molecule has 0 atom stereocenters. The van der Waals surface area contributed by atoms with Crippen LogP contribution in [0, 0.1) is 5.92 Å². The van der Waals surface area contributed by atoms with Crippen molar-refractivity contribution in [2.45, 2.75) is 45.6 Å². The molecule has 0 saturated heterocycles. The van der Waals surface area contributed by atoms with Crippen molar-refractivity contribution in [3.8, 4) is 0 Å². The lowest BCUT2D eigenvalue weighted by Gasteiger charge is -2.27. The van der Waals surface area contributed by atoms with Crippen LogP contribution in [-0.2, 0) is 23.8 Å². The van der Waals surface area contributed by atoms with Crippen LogP contribution in [0.4, 0.5) is 0 Å². The van der Waals surface area contributed by atoms with Crippen molar-refractivity contribution in [3.63, 3.8) is 0 Å². The van der Waals surface area contributed by atoms with Gasteiger partial charge >= 0.3 is 11.9 Å². The summed E-state index contributed by atoms with van der Waals surface area (Å²) in [6, 6.07) is 0. The fraction of sp³-hybridized carbons (Fsp3) is 0.846. The molecule has 0 spiro atoms. The van der Waals surface area contributed by atoms with Crippen molar-refractivity contribution < 1.29 is 23.8 Å². The highest BCUT2D eigenvalue weighted by atomic mass is 16.6. The Balaban J connectivity index is 2.11. The summed E-state index contributed by atoms with van der Waals surface area (Å²) in [5.41, 5.74) is 0. The number of esters is 2. The molecule has 0 N–H and O–H groups in total. The highest BCUT2D eigenvalue weighted by molar-refractivity contribution is 5.70. The zero-order valence-corrected chi connectivity index (χ0v) is 11.1. The third kappa shape index (κ3) is 6.00. The van der Waals surface area contributed by atoms with Crippen LogP contribution in [0.2, 0.25) is 0 Å². The number of rotatable bonds is 6. The zero-order chi connectivity index (χ0) is 13.4.